The molecule has 1 amide bonds. The molecule has 0 aliphatic carbocycles. The lowest BCUT2D eigenvalue weighted by Gasteiger charge is -2.36. The second kappa shape index (κ2) is 5.32. The molecule has 0 spiro atoms. The van der Waals surface area contributed by atoms with Crippen molar-refractivity contribution in [2.24, 2.45) is 0 Å². The molecule has 1 unspecified atom stereocenters. The van der Waals surface area contributed by atoms with E-state index in [0.29, 0.717) is 0 Å². The van der Waals surface area contributed by atoms with Crippen molar-refractivity contribution in [3.63, 3.8) is 0 Å². The van der Waals surface area contributed by atoms with Crippen molar-refractivity contribution in [2.75, 3.05) is 27.2 Å². The number of nitrogens with zero attached hydrogens (tertiary/aromatic N) is 2. The predicted octanol–water partition coefficient (Wildman–Crippen LogP) is 0.454. The average Bonchev–Trinajstić information content (AvgIpc) is 2.16. The zero-order valence-corrected chi connectivity index (χ0v) is 9.42. The largest absolute Gasteiger partial charge is 0.306 e. The standard InChI is InChI=1S/C10H21N3O/c1-4-7-11-9-6-5-8-13(10(9)14)12(2)3/h9,11H,4-8H2,1-3H3. The normalized spacial score (nSPS) is 23.3. The summed E-state index contributed by atoms with van der Waals surface area (Å²) in [4.78, 5) is 11.9. The van der Waals surface area contributed by atoms with E-state index in [-0.39, 0.29) is 11.9 Å². The minimum atomic E-state index is 0.0334. The first-order valence-corrected chi connectivity index (χ1v) is 5.38. The van der Waals surface area contributed by atoms with Crippen LogP contribution in [0.1, 0.15) is 26.2 Å². The highest BCUT2D eigenvalue weighted by Gasteiger charge is 2.28. The van der Waals surface area contributed by atoms with Crippen molar-refractivity contribution in [2.45, 2.75) is 32.2 Å². The number of piperidine rings is 1. The minimum Gasteiger partial charge on any atom is -0.306 e. The fourth-order valence-electron chi connectivity index (χ4n) is 1.76. The Balaban J connectivity index is 2.48. The van der Waals surface area contributed by atoms with Crippen LogP contribution in [-0.2, 0) is 4.79 Å². The number of hydrogen-bond acceptors (Lipinski definition) is 3. The summed E-state index contributed by atoms with van der Waals surface area (Å²) in [6.07, 6.45) is 3.14. The van der Waals surface area contributed by atoms with Gasteiger partial charge in [-0.05, 0) is 25.8 Å². The first kappa shape index (κ1) is 11.5. The molecule has 14 heavy (non-hydrogen) atoms. The van der Waals surface area contributed by atoms with Gasteiger partial charge >= 0.3 is 0 Å². The maximum absolute atomic E-state index is 11.9. The van der Waals surface area contributed by atoms with Gasteiger partial charge in [0.15, 0.2) is 0 Å². The van der Waals surface area contributed by atoms with Crippen molar-refractivity contribution in [3.05, 3.63) is 0 Å². The topological polar surface area (TPSA) is 35.6 Å². The monoisotopic (exact) mass is 199 g/mol. The van der Waals surface area contributed by atoms with Gasteiger partial charge in [0.05, 0.1) is 6.04 Å². The van der Waals surface area contributed by atoms with Crippen molar-refractivity contribution in [1.82, 2.24) is 15.3 Å². The van der Waals surface area contributed by atoms with E-state index in [1.54, 1.807) is 0 Å². The summed E-state index contributed by atoms with van der Waals surface area (Å²) in [5.74, 6) is 0.217. The van der Waals surface area contributed by atoms with Crippen molar-refractivity contribution < 1.29 is 4.79 Å². The summed E-state index contributed by atoms with van der Waals surface area (Å²) >= 11 is 0. The highest BCUT2D eigenvalue weighted by atomic mass is 16.2. The van der Waals surface area contributed by atoms with Gasteiger partial charge in [-0.15, -0.1) is 0 Å². The SMILES string of the molecule is CCCNC1CCCN(N(C)C)C1=O. The molecule has 1 rings (SSSR count). The van der Waals surface area contributed by atoms with Crippen LogP contribution in [0.5, 0.6) is 0 Å². The van der Waals surface area contributed by atoms with Crippen LogP contribution in [-0.4, -0.2) is 49.2 Å². The van der Waals surface area contributed by atoms with Crippen molar-refractivity contribution in [1.29, 1.82) is 0 Å². The molecule has 0 aromatic heterocycles. The summed E-state index contributed by atoms with van der Waals surface area (Å²) in [5, 5.41) is 6.98. The second-order valence-electron chi connectivity index (χ2n) is 3.96. The lowest BCUT2D eigenvalue weighted by atomic mass is 10.1. The molecule has 1 heterocycles. The van der Waals surface area contributed by atoms with Crippen LogP contribution >= 0.6 is 0 Å². The van der Waals surface area contributed by atoms with Crippen molar-refractivity contribution in [3.8, 4) is 0 Å². The fourth-order valence-corrected chi connectivity index (χ4v) is 1.76. The lowest BCUT2D eigenvalue weighted by Crippen LogP contribution is -2.55. The summed E-state index contributed by atoms with van der Waals surface area (Å²) < 4.78 is 0. The van der Waals surface area contributed by atoms with Gasteiger partial charge in [-0.2, -0.15) is 0 Å². The molecule has 4 nitrogen and oxygen atoms in total. The van der Waals surface area contributed by atoms with Crippen LogP contribution in [0, 0.1) is 0 Å². The molecule has 0 bridgehead atoms. The molecule has 1 atom stereocenters. The molecule has 82 valence electrons. The smallest absolute Gasteiger partial charge is 0.253 e. The highest BCUT2D eigenvalue weighted by Crippen LogP contribution is 2.12. The fraction of sp³-hybridized carbons (Fsp3) is 0.900. The van der Waals surface area contributed by atoms with E-state index in [1.165, 1.54) is 0 Å². The van der Waals surface area contributed by atoms with Gasteiger partial charge in [0.1, 0.15) is 0 Å². The number of amides is 1. The minimum absolute atomic E-state index is 0.0334. The maximum Gasteiger partial charge on any atom is 0.253 e. The van der Waals surface area contributed by atoms with E-state index in [0.717, 1.165) is 32.4 Å². The van der Waals surface area contributed by atoms with Gasteiger partial charge in [0.25, 0.3) is 5.91 Å². The first-order chi connectivity index (χ1) is 6.66. The third-order valence-corrected chi connectivity index (χ3v) is 2.54. The summed E-state index contributed by atoms with van der Waals surface area (Å²) in [6, 6.07) is 0.0334. The Morgan fingerprint density at radius 1 is 1.57 bits per heavy atom. The van der Waals surface area contributed by atoms with E-state index in [4.69, 9.17) is 0 Å². The summed E-state index contributed by atoms with van der Waals surface area (Å²) in [7, 11) is 3.83. The molecular formula is C10H21N3O. The molecule has 0 aromatic rings. The Kier molecular flexibility index (Phi) is 4.35. The van der Waals surface area contributed by atoms with Gasteiger partial charge < -0.3 is 5.32 Å². The summed E-state index contributed by atoms with van der Waals surface area (Å²) in [6.45, 7) is 3.90. The molecular weight excluding hydrogens is 178 g/mol. The zero-order chi connectivity index (χ0) is 10.6. The Labute approximate surface area is 86.2 Å². The first-order valence-electron chi connectivity index (χ1n) is 5.38. The van der Waals surface area contributed by atoms with Crippen LogP contribution in [0.25, 0.3) is 0 Å². The van der Waals surface area contributed by atoms with Crippen LogP contribution in [0.2, 0.25) is 0 Å². The molecule has 1 aliphatic heterocycles. The van der Waals surface area contributed by atoms with Gasteiger partial charge in [0, 0.05) is 20.6 Å². The Hall–Kier alpha value is -0.610. The number of rotatable bonds is 4. The van der Waals surface area contributed by atoms with Gasteiger partial charge in [-0.1, -0.05) is 6.92 Å². The molecule has 1 saturated heterocycles. The predicted molar refractivity (Wildman–Crippen MR) is 56.7 cm³/mol. The number of hydrazine groups is 1. The zero-order valence-electron chi connectivity index (χ0n) is 9.42. The Morgan fingerprint density at radius 3 is 2.86 bits per heavy atom. The average molecular weight is 199 g/mol. The molecule has 1 N–H and O–H groups in total. The van der Waals surface area contributed by atoms with Gasteiger partial charge in [-0.3, -0.25) is 9.80 Å². The third kappa shape index (κ3) is 2.69. The van der Waals surface area contributed by atoms with E-state index in [9.17, 15) is 4.79 Å². The van der Waals surface area contributed by atoms with Crippen LogP contribution in [0.4, 0.5) is 0 Å². The quantitative estimate of drug-likeness (QED) is 0.714. The van der Waals surface area contributed by atoms with Crippen LogP contribution in [0.15, 0.2) is 0 Å². The second-order valence-corrected chi connectivity index (χ2v) is 3.96. The third-order valence-electron chi connectivity index (χ3n) is 2.54. The van der Waals surface area contributed by atoms with E-state index in [1.807, 2.05) is 24.1 Å². The molecule has 4 heteroatoms. The summed E-state index contributed by atoms with van der Waals surface area (Å²) in [5.41, 5.74) is 0. The Bertz CT molecular complexity index is 194. The Morgan fingerprint density at radius 2 is 2.29 bits per heavy atom. The van der Waals surface area contributed by atoms with Crippen LogP contribution in [0.3, 0.4) is 0 Å². The molecule has 0 aromatic carbocycles. The van der Waals surface area contributed by atoms with Gasteiger partial charge in [0.2, 0.25) is 0 Å². The van der Waals surface area contributed by atoms with E-state index < -0.39 is 0 Å². The maximum atomic E-state index is 11.9. The number of hydrogen-bond donors (Lipinski definition) is 1. The highest BCUT2D eigenvalue weighted by molar-refractivity contribution is 5.82. The molecule has 1 aliphatic rings. The molecule has 0 saturated carbocycles. The number of carbonyl (C=O) groups excluding carboxylic acids is 1. The van der Waals surface area contributed by atoms with E-state index >= 15 is 0 Å². The van der Waals surface area contributed by atoms with Crippen LogP contribution < -0.4 is 5.32 Å². The van der Waals surface area contributed by atoms with Crippen molar-refractivity contribution >= 4 is 5.91 Å². The van der Waals surface area contributed by atoms with Gasteiger partial charge in [-0.25, -0.2) is 5.01 Å². The molecule has 1 fully saturated rings. The van der Waals surface area contributed by atoms with E-state index in [2.05, 4.69) is 12.2 Å². The lowest BCUT2D eigenvalue weighted by molar-refractivity contribution is -0.150. The number of nitrogens with one attached hydrogen (secondary N) is 1. The number of carbonyl (C=O) groups is 1. The molecule has 0 radical (unpaired) electrons.